The smallest absolute Gasteiger partial charge is 0.270 e. The molecule has 0 fully saturated rings. The zero-order chi connectivity index (χ0) is 30.1. The van der Waals surface area contributed by atoms with E-state index >= 15 is 0 Å². The molecule has 41 heavy (non-hydrogen) atoms. The quantitative estimate of drug-likeness (QED) is 0.115. The number of hydrogen-bond donors (Lipinski definition) is 1. The minimum atomic E-state index is -0.592. The predicted octanol–water partition coefficient (Wildman–Crippen LogP) is 5.53. The topological polar surface area (TPSA) is 147 Å². The summed E-state index contributed by atoms with van der Waals surface area (Å²) in [6, 6.07) is 19.4. The minimum Gasteiger partial charge on any atom is -0.351 e. The number of anilines is 1. The van der Waals surface area contributed by atoms with Crippen LogP contribution in [0.25, 0.3) is 17.1 Å². The van der Waals surface area contributed by atoms with Crippen LogP contribution in [0.5, 0.6) is 0 Å². The molecule has 13 heteroatoms. The summed E-state index contributed by atoms with van der Waals surface area (Å²) in [4.78, 5) is 33.9. The first-order valence-corrected chi connectivity index (χ1v) is 13.8. The Kier molecular flexibility index (Phi) is 10.7. The van der Waals surface area contributed by atoms with E-state index in [0.29, 0.717) is 11.0 Å². The van der Waals surface area contributed by atoms with Gasteiger partial charge in [-0.05, 0) is 55.3 Å². The van der Waals surface area contributed by atoms with E-state index in [9.17, 15) is 25.0 Å². The number of hydrogen-bond acceptors (Lipinski definition) is 8. The first-order chi connectivity index (χ1) is 19.5. The standard InChI is InChI=1S/C25H19BrN6O3S.C3H7NO/c1-15-9-16(2)11-21(10-15)31-24(17-3-5-19(26)6-4-17)29-30-25(31)36-14-23(33)28-22-8-7-20(32(34)35)12-18(22)13-27;1-4(2)3-5/h3-12H,14H2,1-2H3,(H,28,33);3H,1-2H3. The van der Waals surface area contributed by atoms with Crippen LogP contribution in [0, 0.1) is 35.3 Å². The van der Waals surface area contributed by atoms with Crippen molar-refractivity contribution >= 4 is 51.4 Å². The molecule has 0 atom stereocenters. The van der Waals surface area contributed by atoms with Gasteiger partial charge >= 0.3 is 0 Å². The predicted molar refractivity (Wildman–Crippen MR) is 161 cm³/mol. The Bertz CT molecular complexity index is 1590. The highest BCUT2D eigenvalue weighted by atomic mass is 79.9. The SMILES string of the molecule is CN(C)C=O.Cc1cc(C)cc(-n2c(SCC(=O)Nc3ccc([N+](=O)[O-])cc3C#N)nnc2-c2ccc(Br)cc2)c1. The summed E-state index contributed by atoms with van der Waals surface area (Å²) in [5.41, 5.74) is 3.90. The van der Waals surface area contributed by atoms with Crippen molar-refractivity contribution in [2.24, 2.45) is 0 Å². The summed E-state index contributed by atoms with van der Waals surface area (Å²) in [6.07, 6.45) is 0.750. The van der Waals surface area contributed by atoms with Gasteiger partial charge in [-0.15, -0.1) is 10.2 Å². The first-order valence-electron chi connectivity index (χ1n) is 12.0. The lowest BCUT2D eigenvalue weighted by molar-refractivity contribution is -0.384. The van der Waals surface area contributed by atoms with Gasteiger partial charge in [-0.3, -0.25) is 24.3 Å². The molecule has 210 valence electrons. The van der Waals surface area contributed by atoms with Crippen LogP contribution >= 0.6 is 27.7 Å². The van der Waals surface area contributed by atoms with Gasteiger partial charge < -0.3 is 10.2 Å². The van der Waals surface area contributed by atoms with Gasteiger partial charge in [0.25, 0.3) is 5.69 Å². The van der Waals surface area contributed by atoms with Crippen molar-refractivity contribution in [3.63, 3.8) is 0 Å². The van der Waals surface area contributed by atoms with Gasteiger partial charge in [0.2, 0.25) is 12.3 Å². The molecule has 3 aromatic carbocycles. The second-order valence-electron chi connectivity index (χ2n) is 9.00. The number of aryl methyl sites for hydroxylation is 2. The number of halogens is 1. The van der Waals surface area contributed by atoms with Crippen molar-refractivity contribution in [1.29, 1.82) is 5.26 Å². The maximum Gasteiger partial charge on any atom is 0.270 e. The van der Waals surface area contributed by atoms with Gasteiger partial charge in [0.15, 0.2) is 11.0 Å². The van der Waals surface area contributed by atoms with Gasteiger partial charge in [-0.2, -0.15) is 5.26 Å². The fourth-order valence-corrected chi connectivity index (χ4v) is 4.64. The Morgan fingerprint density at radius 3 is 2.32 bits per heavy atom. The van der Waals surface area contributed by atoms with Crippen LogP contribution in [0.15, 0.2) is 70.3 Å². The highest BCUT2D eigenvalue weighted by Crippen LogP contribution is 2.30. The minimum absolute atomic E-state index is 0.00880. The molecule has 1 heterocycles. The number of benzene rings is 3. The Morgan fingerprint density at radius 1 is 1.12 bits per heavy atom. The average molecular weight is 637 g/mol. The fraction of sp³-hybridized carbons (Fsp3) is 0.179. The maximum atomic E-state index is 12.7. The van der Waals surface area contributed by atoms with E-state index < -0.39 is 4.92 Å². The summed E-state index contributed by atoms with van der Waals surface area (Å²) in [5, 5.41) is 32.2. The lowest BCUT2D eigenvalue weighted by Crippen LogP contribution is -2.15. The van der Waals surface area contributed by atoms with Crippen molar-refractivity contribution in [2.45, 2.75) is 19.0 Å². The third-order valence-electron chi connectivity index (χ3n) is 5.35. The second-order valence-corrected chi connectivity index (χ2v) is 10.9. The van der Waals surface area contributed by atoms with Gasteiger partial charge in [-0.25, -0.2) is 0 Å². The number of carbonyl (C=O) groups is 2. The van der Waals surface area contributed by atoms with E-state index in [1.54, 1.807) is 14.1 Å². The van der Waals surface area contributed by atoms with Crippen molar-refractivity contribution < 1.29 is 14.5 Å². The number of thioether (sulfide) groups is 1. The number of amides is 2. The van der Waals surface area contributed by atoms with Crippen molar-refractivity contribution in [2.75, 3.05) is 25.2 Å². The third-order valence-corrected chi connectivity index (χ3v) is 6.81. The van der Waals surface area contributed by atoms with E-state index in [1.807, 2.05) is 60.9 Å². The molecule has 4 aromatic rings. The summed E-state index contributed by atoms with van der Waals surface area (Å²) < 4.78 is 2.85. The molecular weight excluding hydrogens is 610 g/mol. The molecule has 1 N–H and O–H groups in total. The van der Waals surface area contributed by atoms with E-state index in [4.69, 9.17) is 0 Å². The fourth-order valence-electron chi connectivity index (χ4n) is 3.63. The average Bonchev–Trinajstić information content (AvgIpc) is 3.36. The van der Waals surface area contributed by atoms with Gasteiger partial charge in [-0.1, -0.05) is 45.9 Å². The number of carbonyl (C=O) groups excluding carboxylic acids is 2. The van der Waals surface area contributed by atoms with Crippen LogP contribution in [0.4, 0.5) is 11.4 Å². The lowest BCUT2D eigenvalue weighted by Gasteiger charge is -2.12. The molecule has 4 rings (SSSR count). The molecule has 2 amide bonds. The third kappa shape index (κ3) is 8.47. The Morgan fingerprint density at radius 2 is 1.76 bits per heavy atom. The Hall–Kier alpha value is -4.54. The number of nitro benzene ring substituents is 1. The summed E-state index contributed by atoms with van der Waals surface area (Å²) in [7, 11) is 3.38. The molecule has 1 aromatic heterocycles. The zero-order valence-electron chi connectivity index (χ0n) is 22.7. The highest BCUT2D eigenvalue weighted by Gasteiger charge is 2.19. The first kappa shape index (κ1) is 31.0. The molecule has 0 spiro atoms. The summed E-state index contributed by atoms with van der Waals surface area (Å²) in [6.45, 7) is 4.02. The van der Waals surface area contributed by atoms with Crippen LogP contribution < -0.4 is 5.32 Å². The molecule has 0 bridgehead atoms. The second kappa shape index (κ2) is 14.2. The largest absolute Gasteiger partial charge is 0.351 e. The number of rotatable bonds is 8. The van der Waals surface area contributed by atoms with Crippen LogP contribution in [0.2, 0.25) is 0 Å². The van der Waals surface area contributed by atoms with E-state index in [-0.39, 0.29) is 28.6 Å². The zero-order valence-corrected chi connectivity index (χ0v) is 25.1. The van der Waals surface area contributed by atoms with E-state index in [2.05, 4.69) is 37.5 Å². The van der Waals surface area contributed by atoms with Crippen molar-refractivity contribution in [1.82, 2.24) is 19.7 Å². The number of aromatic nitrogens is 3. The van der Waals surface area contributed by atoms with Gasteiger partial charge in [0, 0.05) is 36.3 Å². The van der Waals surface area contributed by atoms with Crippen LogP contribution in [0.3, 0.4) is 0 Å². The Balaban J connectivity index is 0.000000850. The number of non-ortho nitro benzene ring substituents is 1. The van der Waals surface area contributed by atoms with E-state index in [1.165, 1.54) is 28.8 Å². The molecule has 0 aliphatic heterocycles. The lowest BCUT2D eigenvalue weighted by atomic mass is 10.1. The van der Waals surface area contributed by atoms with Crippen molar-refractivity contribution in [3.8, 4) is 23.1 Å². The summed E-state index contributed by atoms with van der Waals surface area (Å²) in [5.74, 6) is 0.244. The van der Waals surface area contributed by atoms with Crippen LogP contribution in [0.1, 0.15) is 16.7 Å². The Labute approximate surface area is 249 Å². The van der Waals surface area contributed by atoms with Crippen molar-refractivity contribution in [3.05, 3.63) is 91.9 Å². The molecule has 0 saturated heterocycles. The molecule has 11 nitrogen and oxygen atoms in total. The molecule has 0 unspecified atom stereocenters. The molecule has 0 radical (unpaired) electrons. The normalized spacial score (nSPS) is 10.1. The van der Waals surface area contributed by atoms with Gasteiger partial charge in [0.05, 0.1) is 27.6 Å². The molecular formula is C28H26BrN7O4S. The van der Waals surface area contributed by atoms with E-state index in [0.717, 1.165) is 39.3 Å². The highest BCUT2D eigenvalue weighted by molar-refractivity contribution is 9.10. The van der Waals surface area contributed by atoms with Crippen LogP contribution in [-0.4, -0.2) is 56.8 Å². The monoisotopic (exact) mass is 635 g/mol. The van der Waals surface area contributed by atoms with Crippen LogP contribution in [-0.2, 0) is 9.59 Å². The molecule has 0 saturated carbocycles. The number of nitro groups is 1. The molecule has 0 aliphatic rings. The number of nitrogens with one attached hydrogen (secondary N) is 1. The molecule has 0 aliphatic carbocycles. The number of nitrogens with zero attached hydrogens (tertiary/aromatic N) is 6. The van der Waals surface area contributed by atoms with Gasteiger partial charge in [0.1, 0.15) is 6.07 Å². The summed E-state index contributed by atoms with van der Waals surface area (Å²) >= 11 is 4.65. The maximum absolute atomic E-state index is 12.7. The number of nitriles is 1.